The minimum atomic E-state index is 0.344. The molecule has 0 amide bonds. The zero-order chi connectivity index (χ0) is 15.6. The Morgan fingerprint density at radius 2 is 2.13 bits per heavy atom. The summed E-state index contributed by atoms with van der Waals surface area (Å²) in [6.07, 6.45) is 7.84. The van der Waals surface area contributed by atoms with Crippen LogP contribution >= 0.6 is 0 Å². The molecule has 0 saturated heterocycles. The van der Waals surface area contributed by atoms with Crippen LogP contribution in [0, 0.1) is 0 Å². The number of nitrogen functional groups attached to an aromatic ring is 1. The zero-order valence-corrected chi connectivity index (χ0v) is 12.9. The quantitative estimate of drug-likeness (QED) is 0.724. The second kappa shape index (κ2) is 5.80. The Morgan fingerprint density at radius 1 is 1.22 bits per heavy atom. The van der Waals surface area contributed by atoms with Gasteiger partial charge in [0.05, 0.1) is 23.7 Å². The molecule has 3 aromatic rings. The summed E-state index contributed by atoms with van der Waals surface area (Å²) >= 11 is 0. The zero-order valence-electron chi connectivity index (χ0n) is 12.9. The number of benzene rings is 2. The van der Waals surface area contributed by atoms with Crippen molar-refractivity contribution in [1.29, 1.82) is 0 Å². The van der Waals surface area contributed by atoms with Crippen LogP contribution in [0.4, 0.5) is 11.4 Å². The van der Waals surface area contributed by atoms with Gasteiger partial charge in [-0.2, -0.15) is 0 Å². The van der Waals surface area contributed by atoms with E-state index in [9.17, 15) is 0 Å². The molecule has 0 fully saturated rings. The fraction of sp³-hybridized carbons (Fsp3) is 0.211. The Morgan fingerprint density at radius 3 is 3.00 bits per heavy atom. The molecule has 1 heterocycles. The third-order valence-electron chi connectivity index (χ3n) is 4.50. The molecule has 4 rings (SSSR count). The number of fused-ring (bicyclic) bond motifs is 1. The molecule has 3 N–H and O–H groups in total. The summed E-state index contributed by atoms with van der Waals surface area (Å²) in [6.45, 7) is 0.802. The number of hydrogen-bond acceptors (Lipinski definition) is 3. The van der Waals surface area contributed by atoms with Crippen molar-refractivity contribution in [2.75, 3.05) is 11.1 Å². The van der Waals surface area contributed by atoms with Crippen LogP contribution in [0.3, 0.4) is 0 Å². The van der Waals surface area contributed by atoms with Gasteiger partial charge in [0.25, 0.3) is 0 Å². The highest BCUT2D eigenvalue weighted by Gasteiger charge is 2.22. The number of aryl methyl sites for hydroxylation is 1. The maximum absolute atomic E-state index is 6.18. The van der Waals surface area contributed by atoms with Crippen LogP contribution in [0.2, 0.25) is 0 Å². The SMILES string of the molecule is Nc1ccc(Cn2ccnc2)cc1NC1CCc2ccccc21. The Balaban J connectivity index is 1.57. The van der Waals surface area contributed by atoms with Crippen molar-refractivity contribution in [2.45, 2.75) is 25.4 Å². The molecule has 1 aliphatic rings. The fourth-order valence-electron chi connectivity index (χ4n) is 3.31. The van der Waals surface area contributed by atoms with Crippen LogP contribution in [0.25, 0.3) is 0 Å². The second-order valence-electron chi connectivity index (χ2n) is 6.09. The molecule has 1 aromatic heterocycles. The van der Waals surface area contributed by atoms with Crippen LogP contribution in [0.5, 0.6) is 0 Å². The average Bonchev–Trinajstić information content (AvgIpc) is 3.21. The van der Waals surface area contributed by atoms with E-state index in [0.29, 0.717) is 6.04 Å². The second-order valence-corrected chi connectivity index (χ2v) is 6.09. The Hall–Kier alpha value is -2.75. The van der Waals surface area contributed by atoms with Crippen molar-refractivity contribution in [3.05, 3.63) is 77.9 Å². The van der Waals surface area contributed by atoms with E-state index in [1.807, 2.05) is 18.6 Å². The molecule has 1 aliphatic carbocycles. The number of rotatable bonds is 4. The van der Waals surface area contributed by atoms with Crippen LogP contribution in [-0.4, -0.2) is 9.55 Å². The van der Waals surface area contributed by atoms with Gasteiger partial charge in [-0.1, -0.05) is 30.3 Å². The number of hydrogen-bond donors (Lipinski definition) is 2. The van der Waals surface area contributed by atoms with Gasteiger partial charge in [-0.3, -0.25) is 0 Å². The van der Waals surface area contributed by atoms with Gasteiger partial charge in [-0.15, -0.1) is 0 Å². The lowest BCUT2D eigenvalue weighted by atomic mass is 10.1. The normalized spacial score (nSPS) is 16.3. The number of anilines is 2. The molecule has 0 radical (unpaired) electrons. The van der Waals surface area contributed by atoms with E-state index in [4.69, 9.17) is 5.73 Å². The summed E-state index contributed by atoms with van der Waals surface area (Å²) in [5.74, 6) is 0. The lowest BCUT2D eigenvalue weighted by molar-refractivity contribution is 0.760. The summed E-state index contributed by atoms with van der Waals surface area (Å²) in [7, 11) is 0. The summed E-state index contributed by atoms with van der Waals surface area (Å²) in [4.78, 5) is 4.09. The monoisotopic (exact) mass is 304 g/mol. The van der Waals surface area contributed by atoms with E-state index in [1.165, 1.54) is 16.7 Å². The third-order valence-corrected chi connectivity index (χ3v) is 4.50. The van der Waals surface area contributed by atoms with E-state index in [0.717, 1.165) is 30.8 Å². The molecule has 116 valence electrons. The fourth-order valence-corrected chi connectivity index (χ4v) is 3.31. The van der Waals surface area contributed by atoms with E-state index in [-0.39, 0.29) is 0 Å². The highest BCUT2D eigenvalue weighted by Crippen LogP contribution is 2.35. The van der Waals surface area contributed by atoms with Crippen LogP contribution in [0.1, 0.15) is 29.2 Å². The Labute approximate surface area is 136 Å². The molecule has 4 heteroatoms. The van der Waals surface area contributed by atoms with Gasteiger partial charge in [-0.25, -0.2) is 4.98 Å². The first kappa shape index (κ1) is 13.9. The van der Waals surface area contributed by atoms with Crippen molar-refractivity contribution >= 4 is 11.4 Å². The highest BCUT2D eigenvalue weighted by atomic mass is 15.0. The molecular weight excluding hydrogens is 284 g/mol. The topological polar surface area (TPSA) is 55.9 Å². The smallest absolute Gasteiger partial charge is 0.0949 e. The van der Waals surface area contributed by atoms with Gasteiger partial charge < -0.3 is 15.6 Å². The van der Waals surface area contributed by atoms with E-state index < -0.39 is 0 Å². The van der Waals surface area contributed by atoms with Gasteiger partial charge in [0, 0.05) is 18.9 Å². The lowest BCUT2D eigenvalue weighted by Crippen LogP contribution is -2.09. The lowest BCUT2D eigenvalue weighted by Gasteiger charge is -2.18. The van der Waals surface area contributed by atoms with Crippen molar-refractivity contribution in [3.8, 4) is 0 Å². The van der Waals surface area contributed by atoms with Gasteiger partial charge in [0.2, 0.25) is 0 Å². The highest BCUT2D eigenvalue weighted by molar-refractivity contribution is 5.68. The first-order valence-corrected chi connectivity index (χ1v) is 7.98. The minimum absolute atomic E-state index is 0.344. The molecule has 2 aromatic carbocycles. The maximum atomic E-state index is 6.18. The summed E-state index contributed by atoms with van der Waals surface area (Å²) in [5.41, 5.74) is 12.0. The van der Waals surface area contributed by atoms with E-state index in [1.54, 1.807) is 6.20 Å². The molecule has 0 aliphatic heterocycles. The third kappa shape index (κ3) is 2.80. The summed E-state index contributed by atoms with van der Waals surface area (Å²) in [5, 5.41) is 3.64. The molecule has 0 saturated carbocycles. The number of aromatic nitrogens is 2. The standard InChI is InChI=1S/C19H20N4/c20-17-7-5-14(12-23-10-9-21-13-23)11-19(17)22-18-8-6-15-3-1-2-4-16(15)18/h1-5,7,9-11,13,18,22H,6,8,12,20H2. The molecule has 1 unspecified atom stereocenters. The van der Waals surface area contributed by atoms with Crippen molar-refractivity contribution < 1.29 is 0 Å². The molecule has 0 bridgehead atoms. The number of nitrogens with zero attached hydrogens (tertiary/aromatic N) is 2. The molecule has 0 spiro atoms. The van der Waals surface area contributed by atoms with Crippen LogP contribution < -0.4 is 11.1 Å². The molecule has 23 heavy (non-hydrogen) atoms. The predicted octanol–water partition coefficient (Wildman–Crippen LogP) is 3.61. The van der Waals surface area contributed by atoms with Crippen molar-refractivity contribution in [1.82, 2.24) is 9.55 Å². The minimum Gasteiger partial charge on any atom is -0.397 e. The summed E-state index contributed by atoms with van der Waals surface area (Å²) in [6, 6.07) is 15.2. The maximum Gasteiger partial charge on any atom is 0.0949 e. The van der Waals surface area contributed by atoms with Gasteiger partial charge in [0.1, 0.15) is 0 Å². The van der Waals surface area contributed by atoms with Crippen LogP contribution in [0.15, 0.2) is 61.2 Å². The Kier molecular flexibility index (Phi) is 3.50. The van der Waals surface area contributed by atoms with Gasteiger partial charge in [0.15, 0.2) is 0 Å². The first-order chi connectivity index (χ1) is 11.3. The summed E-state index contributed by atoms with van der Waals surface area (Å²) < 4.78 is 2.06. The van der Waals surface area contributed by atoms with Gasteiger partial charge in [-0.05, 0) is 41.7 Å². The van der Waals surface area contributed by atoms with Crippen LogP contribution in [-0.2, 0) is 13.0 Å². The van der Waals surface area contributed by atoms with E-state index >= 15 is 0 Å². The first-order valence-electron chi connectivity index (χ1n) is 7.98. The van der Waals surface area contributed by atoms with Crippen molar-refractivity contribution in [3.63, 3.8) is 0 Å². The van der Waals surface area contributed by atoms with Crippen molar-refractivity contribution in [2.24, 2.45) is 0 Å². The molecule has 1 atom stereocenters. The number of nitrogens with one attached hydrogen (secondary N) is 1. The molecule has 4 nitrogen and oxygen atoms in total. The largest absolute Gasteiger partial charge is 0.397 e. The number of imidazole rings is 1. The van der Waals surface area contributed by atoms with Gasteiger partial charge >= 0.3 is 0 Å². The number of nitrogens with two attached hydrogens (primary N) is 1. The predicted molar refractivity (Wildman–Crippen MR) is 93.3 cm³/mol. The molecular formula is C19H20N4. The average molecular weight is 304 g/mol. The van der Waals surface area contributed by atoms with E-state index in [2.05, 4.69) is 51.3 Å². The Bertz CT molecular complexity index is 808.